The van der Waals surface area contributed by atoms with E-state index in [2.05, 4.69) is 6.58 Å². The predicted octanol–water partition coefficient (Wildman–Crippen LogP) is 3.19. The Kier molecular flexibility index (Phi) is 12.6. The van der Waals surface area contributed by atoms with Gasteiger partial charge in [0.15, 0.2) is 0 Å². The van der Waals surface area contributed by atoms with Crippen LogP contribution in [0.1, 0.15) is 44.9 Å². The van der Waals surface area contributed by atoms with Gasteiger partial charge in [-0.1, -0.05) is 45.1 Å². The Morgan fingerprint density at radius 2 is 1.69 bits per heavy atom. The van der Waals surface area contributed by atoms with Gasteiger partial charge in [-0.2, -0.15) is 11.1 Å². The highest BCUT2D eigenvalue weighted by Crippen LogP contribution is 2.08. The van der Waals surface area contributed by atoms with E-state index in [4.69, 9.17) is 15.8 Å². The molecule has 0 aliphatic carbocycles. The van der Waals surface area contributed by atoms with Gasteiger partial charge < -0.3 is 4.74 Å². The van der Waals surface area contributed by atoms with Gasteiger partial charge >= 0.3 is 5.97 Å². The van der Waals surface area contributed by atoms with Crippen LogP contribution < -0.4 is 0 Å². The maximum Gasteiger partial charge on any atom is 0.330 e. The molecule has 0 aromatic carbocycles. The summed E-state index contributed by atoms with van der Waals surface area (Å²) in [5.41, 5.74) is 0. The first-order valence-corrected chi connectivity index (χ1v) is 9.30. The van der Waals surface area contributed by atoms with Crippen molar-refractivity contribution < 1.29 is 9.53 Å². The molecule has 0 spiro atoms. The molecule has 0 radical (unpaired) electrons. The summed E-state index contributed by atoms with van der Waals surface area (Å²) in [6, 6.07) is 1.28. The lowest BCUT2D eigenvalue weighted by Crippen LogP contribution is -2.01. The normalized spacial score (nSPS) is 10.8. The maximum atomic E-state index is 10.7. The first-order chi connectivity index (χ1) is 7.81. The number of ether oxygens (including phenoxy) is 1. The fraction of sp³-hybridized carbons (Fsp3) is 0.750. The zero-order valence-electron chi connectivity index (χ0n) is 10.0. The van der Waals surface area contributed by atoms with Gasteiger partial charge in [0, 0.05) is 6.08 Å². The Hall–Kier alpha value is -0.283. The van der Waals surface area contributed by atoms with E-state index in [1.807, 2.05) is 0 Å². The number of unbranched alkanes of at least 4 members (excludes halogenated alkanes) is 6. The summed E-state index contributed by atoms with van der Waals surface area (Å²) in [4.78, 5) is 10.7. The number of carbonyl (C=O) groups excluding carboxylic acids is 1. The highest BCUT2D eigenvalue weighted by atomic mass is 35.6. The minimum Gasteiger partial charge on any atom is -0.463 e. The highest BCUT2D eigenvalue weighted by molar-refractivity contribution is 6.93. The Morgan fingerprint density at radius 3 is 2.25 bits per heavy atom. The second-order valence-electron chi connectivity index (χ2n) is 3.89. The number of hydrogen-bond donors (Lipinski definition) is 0. The van der Waals surface area contributed by atoms with Crippen LogP contribution in [-0.4, -0.2) is 21.4 Å². The lowest BCUT2D eigenvalue weighted by molar-refractivity contribution is -0.137. The summed E-state index contributed by atoms with van der Waals surface area (Å²) in [7, 11) is -0.231. The molecule has 0 rings (SSSR count). The van der Waals surface area contributed by atoms with Crippen LogP contribution in [0.5, 0.6) is 0 Å². The maximum absolute atomic E-state index is 10.7. The third-order valence-corrected chi connectivity index (χ3v) is 4.01. The summed E-state index contributed by atoms with van der Waals surface area (Å²) < 4.78 is 4.88. The highest BCUT2D eigenvalue weighted by Gasteiger charge is 1.95. The lowest BCUT2D eigenvalue weighted by atomic mass is 10.1. The van der Waals surface area contributed by atoms with E-state index in [1.165, 1.54) is 44.2 Å². The summed E-state index contributed by atoms with van der Waals surface area (Å²) in [5, 5.41) is 0. The van der Waals surface area contributed by atoms with E-state index in [1.54, 1.807) is 0 Å². The molecule has 0 heterocycles. The SMILES string of the molecule is C=CC(=O)OCCCCCCCCC[SiH2]Cl. The lowest BCUT2D eigenvalue weighted by Gasteiger charge is -2.02. The van der Waals surface area contributed by atoms with Crippen LogP contribution in [0.2, 0.25) is 6.04 Å². The Labute approximate surface area is 106 Å². The van der Waals surface area contributed by atoms with Crippen LogP contribution >= 0.6 is 11.1 Å². The summed E-state index contributed by atoms with van der Waals surface area (Å²) in [6.45, 7) is 3.87. The van der Waals surface area contributed by atoms with E-state index < -0.39 is 0 Å². The molecule has 0 unspecified atom stereocenters. The molecule has 2 nitrogen and oxygen atoms in total. The number of esters is 1. The van der Waals surface area contributed by atoms with Gasteiger partial charge in [-0.05, 0) is 12.5 Å². The van der Waals surface area contributed by atoms with Crippen LogP contribution in [0.3, 0.4) is 0 Å². The van der Waals surface area contributed by atoms with Crippen molar-refractivity contribution in [3.63, 3.8) is 0 Å². The summed E-state index contributed by atoms with van der Waals surface area (Å²) in [5.74, 6) is -0.315. The van der Waals surface area contributed by atoms with E-state index in [0.29, 0.717) is 6.61 Å². The fourth-order valence-corrected chi connectivity index (χ4v) is 2.60. The zero-order valence-corrected chi connectivity index (χ0v) is 12.2. The van der Waals surface area contributed by atoms with Crippen molar-refractivity contribution >= 4 is 25.9 Å². The summed E-state index contributed by atoms with van der Waals surface area (Å²) >= 11 is 5.73. The second-order valence-corrected chi connectivity index (χ2v) is 6.11. The molecule has 0 saturated heterocycles. The molecule has 0 aromatic heterocycles. The second kappa shape index (κ2) is 12.8. The molecule has 0 fully saturated rings. The number of rotatable bonds is 11. The van der Waals surface area contributed by atoms with E-state index in [9.17, 15) is 4.79 Å². The van der Waals surface area contributed by atoms with Crippen molar-refractivity contribution in [1.82, 2.24) is 0 Å². The van der Waals surface area contributed by atoms with Gasteiger partial charge in [0.25, 0.3) is 0 Å². The predicted molar refractivity (Wildman–Crippen MR) is 72.7 cm³/mol. The quantitative estimate of drug-likeness (QED) is 0.188. The molecular weight excluding hydrogens is 240 g/mol. The third kappa shape index (κ3) is 11.8. The van der Waals surface area contributed by atoms with Gasteiger partial charge in [-0.25, -0.2) is 4.79 Å². The van der Waals surface area contributed by atoms with Crippen molar-refractivity contribution in [2.24, 2.45) is 0 Å². The molecule has 0 amide bonds. The standard InChI is InChI=1S/C12H23ClO2Si/c1-2-12(14)15-10-8-6-4-3-5-7-9-11-16-13/h2H,1,3-11,16H2. The topological polar surface area (TPSA) is 26.3 Å². The van der Waals surface area contributed by atoms with Crippen LogP contribution in [-0.2, 0) is 9.53 Å². The molecule has 0 aliphatic rings. The molecule has 0 saturated carbocycles. The zero-order chi connectivity index (χ0) is 12.1. The van der Waals surface area contributed by atoms with Gasteiger partial charge in [-0.15, -0.1) is 0 Å². The van der Waals surface area contributed by atoms with Crippen LogP contribution in [0.4, 0.5) is 0 Å². The van der Waals surface area contributed by atoms with Crippen LogP contribution in [0.15, 0.2) is 12.7 Å². The van der Waals surface area contributed by atoms with Gasteiger partial charge in [0.1, 0.15) is 8.83 Å². The van der Waals surface area contributed by atoms with Crippen molar-refractivity contribution in [3.8, 4) is 0 Å². The first-order valence-electron chi connectivity index (χ1n) is 6.16. The molecule has 4 heteroatoms. The molecule has 0 bridgehead atoms. The van der Waals surface area contributed by atoms with E-state index >= 15 is 0 Å². The monoisotopic (exact) mass is 262 g/mol. The molecule has 94 valence electrons. The largest absolute Gasteiger partial charge is 0.463 e. The minimum absolute atomic E-state index is 0.231. The first kappa shape index (κ1) is 15.7. The molecule has 0 aliphatic heterocycles. The number of carbonyl (C=O) groups is 1. The Balaban J connectivity index is 2.98. The summed E-state index contributed by atoms with van der Waals surface area (Å²) in [6.07, 6.45) is 9.81. The average molecular weight is 263 g/mol. The van der Waals surface area contributed by atoms with Crippen LogP contribution in [0, 0.1) is 0 Å². The molecule has 16 heavy (non-hydrogen) atoms. The molecule has 0 N–H and O–H groups in total. The molecule has 0 aromatic rings. The van der Waals surface area contributed by atoms with Crippen molar-refractivity contribution in [2.75, 3.05) is 6.61 Å². The van der Waals surface area contributed by atoms with Gasteiger partial charge in [0.05, 0.1) is 6.61 Å². The number of halogens is 1. The number of hydrogen-bond acceptors (Lipinski definition) is 2. The van der Waals surface area contributed by atoms with Gasteiger partial charge in [-0.3, -0.25) is 0 Å². The van der Waals surface area contributed by atoms with Crippen molar-refractivity contribution in [3.05, 3.63) is 12.7 Å². The third-order valence-electron chi connectivity index (χ3n) is 2.44. The van der Waals surface area contributed by atoms with Crippen molar-refractivity contribution in [1.29, 1.82) is 0 Å². The fourth-order valence-electron chi connectivity index (χ4n) is 1.49. The smallest absolute Gasteiger partial charge is 0.330 e. The Morgan fingerprint density at radius 1 is 1.12 bits per heavy atom. The van der Waals surface area contributed by atoms with E-state index in [-0.39, 0.29) is 14.8 Å². The Bertz CT molecular complexity index is 186. The molecule has 0 atom stereocenters. The van der Waals surface area contributed by atoms with Crippen molar-refractivity contribution in [2.45, 2.75) is 51.0 Å². The van der Waals surface area contributed by atoms with E-state index in [0.717, 1.165) is 12.8 Å². The average Bonchev–Trinajstić information content (AvgIpc) is 2.31. The minimum atomic E-state index is -0.315. The molecular formula is C12H23ClO2Si. The van der Waals surface area contributed by atoms with Gasteiger partial charge in [0.2, 0.25) is 0 Å². The van der Waals surface area contributed by atoms with Crippen LogP contribution in [0.25, 0.3) is 0 Å².